The summed E-state index contributed by atoms with van der Waals surface area (Å²) >= 11 is 3.26. The lowest BCUT2D eigenvalue weighted by Crippen LogP contribution is -2.21. The average molecular weight is 442 g/mol. The molecule has 0 heterocycles. The van der Waals surface area contributed by atoms with Gasteiger partial charge in [0.05, 0.1) is 12.0 Å². The Morgan fingerprint density at radius 1 is 1.11 bits per heavy atom. The smallest absolute Gasteiger partial charge is 0.326 e. The van der Waals surface area contributed by atoms with E-state index in [1.54, 1.807) is 24.3 Å². The second kappa shape index (κ2) is 8.81. The fraction of sp³-hybridized carbons (Fsp3) is 0.167. The summed E-state index contributed by atoms with van der Waals surface area (Å²) in [4.78, 5) is 23.9. The minimum atomic E-state index is -4.49. The number of benzene rings is 2. The lowest BCUT2D eigenvalue weighted by molar-refractivity contribution is -0.137. The number of anilines is 1. The van der Waals surface area contributed by atoms with Gasteiger partial charge in [-0.3, -0.25) is 9.59 Å². The van der Waals surface area contributed by atoms with Gasteiger partial charge in [-0.25, -0.2) is 5.43 Å². The van der Waals surface area contributed by atoms with Crippen molar-refractivity contribution in [3.63, 3.8) is 0 Å². The molecule has 0 saturated heterocycles. The molecule has 0 radical (unpaired) electrons. The first kappa shape index (κ1) is 20.6. The summed E-state index contributed by atoms with van der Waals surface area (Å²) in [6.45, 7) is 1.52. The van der Waals surface area contributed by atoms with Crippen molar-refractivity contribution in [1.82, 2.24) is 5.43 Å². The Morgan fingerprint density at radius 2 is 1.78 bits per heavy atom. The first-order valence-electron chi connectivity index (χ1n) is 7.71. The second-order valence-corrected chi connectivity index (χ2v) is 6.51. The van der Waals surface area contributed by atoms with E-state index in [-0.39, 0.29) is 12.1 Å². The Hall–Kier alpha value is -2.68. The number of alkyl halides is 3. The van der Waals surface area contributed by atoms with Gasteiger partial charge in [-0.15, -0.1) is 0 Å². The molecule has 5 nitrogen and oxygen atoms in total. The van der Waals surface area contributed by atoms with E-state index in [1.165, 1.54) is 19.1 Å². The van der Waals surface area contributed by atoms with Crippen molar-refractivity contribution in [1.29, 1.82) is 0 Å². The topological polar surface area (TPSA) is 70.6 Å². The van der Waals surface area contributed by atoms with Gasteiger partial charge in [0.15, 0.2) is 0 Å². The number of rotatable bonds is 5. The summed E-state index contributed by atoms with van der Waals surface area (Å²) in [6, 6.07) is 10.9. The summed E-state index contributed by atoms with van der Waals surface area (Å²) in [5, 5.41) is 6.20. The van der Waals surface area contributed by atoms with Crippen LogP contribution in [-0.2, 0) is 11.0 Å². The normalized spacial score (nSPS) is 11.8. The molecule has 0 atom stereocenters. The molecule has 2 aromatic rings. The fourth-order valence-corrected chi connectivity index (χ4v) is 2.33. The SMILES string of the molecule is C/C(CC(=O)Nc1cccc(C(F)(F)F)c1)=N/NC(=O)c1ccc(Br)cc1. The molecule has 2 rings (SSSR count). The number of nitrogens with one attached hydrogen (secondary N) is 2. The number of hydrazone groups is 1. The summed E-state index contributed by atoms with van der Waals surface area (Å²) in [5.41, 5.74) is 2.18. The zero-order valence-electron chi connectivity index (χ0n) is 14.1. The molecule has 0 bridgehead atoms. The molecule has 142 valence electrons. The third-order valence-electron chi connectivity index (χ3n) is 3.34. The number of nitrogens with zero attached hydrogens (tertiary/aromatic N) is 1. The van der Waals surface area contributed by atoms with Gasteiger partial charge in [-0.2, -0.15) is 18.3 Å². The van der Waals surface area contributed by atoms with Gasteiger partial charge < -0.3 is 5.32 Å². The molecule has 0 aromatic heterocycles. The van der Waals surface area contributed by atoms with E-state index >= 15 is 0 Å². The summed E-state index contributed by atoms with van der Waals surface area (Å²) in [5.74, 6) is -0.992. The molecular formula is C18H15BrF3N3O2. The van der Waals surface area contributed by atoms with Gasteiger partial charge in [-0.05, 0) is 49.4 Å². The van der Waals surface area contributed by atoms with Gasteiger partial charge in [0.25, 0.3) is 5.91 Å². The van der Waals surface area contributed by atoms with Crippen LogP contribution in [0.15, 0.2) is 58.1 Å². The maximum absolute atomic E-state index is 12.7. The highest BCUT2D eigenvalue weighted by Crippen LogP contribution is 2.30. The number of carbonyl (C=O) groups excluding carboxylic acids is 2. The Labute approximate surface area is 161 Å². The molecule has 2 aromatic carbocycles. The third kappa shape index (κ3) is 6.52. The Morgan fingerprint density at radius 3 is 2.41 bits per heavy atom. The van der Waals surface area contributed by atoms with Crippen LogP contribution in [0.25, 0.3) is 0 Å². The zero-order chi connectivity index (χ0) is 20.0. The van der Waals surface area contributed by atoms with Crippen molar-refractivity contribution in [3.05, 3.63) is 64.1 Å². The molecule has 0 aliphatic heterocycles. The molecule has 0 unspecified atom stereocenters. The maximum Gasteiger partial charge on any atom is 0.416 e. The summed E-state index contributed by atoms with van der Waals surface area (Å²) in [6.07, 6.45) is -4.67. The van der Waals surface area contributed by atoms with Crippen LogP contribution < -0.4 is 10.7 Å². The van der Waals surface area contributed by atoms with Crippen LogP contribution in [0.1, 0.15) is 29.3 Å². The predicted molar refractivity (Wildman–Crippen MR) is 99.4 cm³/mol. The lowest BCUT2D eigenvalue weighted by atomic mass is 10.2. The van der Waals surface area contributed by atoms with Gasteiger partial charge in [-0.1, -0.05) is 22.0 Å². The van der Waals surface area contributed by atoms with Crippen molar-refractivity contribution >= 4 is 39.1 Å². The van der Waals surface area contributed by atoms with Crippen molar-refractivity contribution in [2.24, 2.45) is 5.10 Å². The fourth-order valence-electron chi connectivity index (χ4n) is 2.06. The number of amides is 2. The van der Waals surface area contributed by atoms with Gasteiger partial charge in [0.2, 0.25) is 5.91 Å². The molecule has 2 amide bonds. The average Bonchev–Trinajstić information content (AvgIpc) is 2.59. The summed E-state index contributed by atoms with van der Waals surface area (Å²) in [7, 11) is 0. The maximum atomic E-state index is 12.7. The monoisotopic (exact) mass is 441 g/mol. The zero-order valence-corrected chi connectivity index (χ0v) is 15.7. The van der Waals surface area contributed by atoms with Gasteiger partial charge in [0, 0.05) is 21.4 Å². The van der Waals surface area contributed by atoms with Crippen molar-refractivity contribution in [3.8, 4) is 0 Å². The minimum absolute atomic E-state index is 0.0292. The van der Waals surface area contributed by atoms with Crippen LogP contribution in [0.4, 0.5) is 18.9 Å². The first-order valence-corrected chi connectivity index (χ1v) is 8.50. The van der Waals surface area contributed by atoms with Crippen LogP contribution in [0.2, 0.25) is 0 Å². The molecule has 0 aliphatic rings. The quantitative estimate of drug-likeness (QED) is 0.525. The van der Waals surface area contributed by atoms with Gasteiger partial charge >= 0.3 is 6.18 Å². The number of carbonyl (C=O) groups is 2. The largest absolute Gasteiger partial charge is 0.416 e. The molecule has 27 heavy (non-hydrogen) atoms. The van der Waals surface area contributed by atoms with Crippen molar-refractivity contribution in [2.45, 2.75) is 19.5 Å². The molecule has 2 N–H and O–H groups in total. The summed E-state index contributed by atoms with van der Waals surface area (Å²) < 4.78 is 38.9. The number of halogens is 4. The molecule has 0 spiro atoms. The second-order valence-electron chi connectivity index (χ2n) is 5.60. The van der Waals surface area contributed by atoms with Crippen LogP contribution >= 0.6 is 15.9 Å². The lowest BCUT2D eigenvalue weighted by Gasteiger charge is -2.10. The molecule has 9 heteroatoms. The van der Waals surface area contributed by atoms with Crippen LogP contribution in [0, 0.1) is 0 Å². The van der Waals surface area contributed by atoms with E-state index in [2.05, 4.69) is 31.8 Å². The highest BCUT2D eigenvalue weighted by atomic mass is 79.9. The van der Waals surface area contributed by atoms with Gasteiger partial charge in [0.1, 0.15) is 0 Å². The highest BCUT2D eigenvalue weighted by Gasteiger charge is 2.30. The van der Waals surface area contributed by atoms with E-state index in [0.29, 0.717) is 11.3 Å². The van der Waals surface area contributed by atoms with Crippen LogP contribution in [0.3, 0.4) is 0 Å². The van der Waals surface area contributed by atoms with E-state index in [4.69, 9.17) is 0 Å². The molecule has 0 fully saturated rings. The van der Waals surface area contributed by atoms with E-state index < -0.39 is 23.6 Å². The minimum Gasteiger partial charge on any atom is -0.326 e. The van der Waals surface area contributed by atoms with E-state index in [1.807, 2.05) is 0 Å². The molecule has 0 saturated carbocycles. The Balaban J connectivity index is 1.92. The van der Waals surface area contributed by atoms with E-state index in [9.17, 15) is 22.8 Å². The molecular weight excluding hydrogens is 427 g/mol. The molecule has 0 aliphatic carbocycles. The van der Waals surface area contributed by atoms with Crippen molar-refractivity contribution in [2.75, 3.05) is 5.32 Å². The van der Waals surface area contributed by atoms with Crippen LogP contribution in [-0.4, -0.2) is 17.5 Å². The Bertz CT molecular complexity index is 865. The number of hydrogen-bond donors (Lipinski definition) is 2. The Kier molecular flexibility index (Phi) is 6.73. The predicted octanol–water partition coefficient (Wildman–Crippen LogP) is 4.60. The number of hydrogen-bond acceptors (Lipinski definition) is 3. The third-order valence-corrected chi connectivity index (χ3v) is 3.87. The first-order chi connectivity index (χ1) is 12.6. The van der Waals surface area contributed by atoms with Crippen LogP contribution in [0.5, 0.6) is 0 Å². The van der Waals surface area contributed by atoms with E-state index in [0.717, 1.165) is 16.6 Å². The highest BCUT2D eigenvalue weighted by molar-refractivity contribution is 9.10. The van der Waals surface area contributed by atoms with Crippen molar-refractivity contribution < 1.29 is 22.8 Å². The standard InChI is InChI=1S/C18H15BrF3N3O2/c1-11(24-25-17(27)12-5-7-14(19)8-6-12)9-16(26)23-15-4-2-3-13(10-15)18(20,21)22/h2-8,10H,9H2,1H3,(H,23,26)(H,25,27)/b24-11-.